The van der Waals surface area contributed by atoms with Crippen molar-refractivity contribution in [2.75, 3.05) is 23.7 Å². The molecule has 1 aliphatic heterocycles. The Hall–Kier alpha value is -4.12. The number of aryl methyl sites for hydroxylation is 2. The fourth-order valence-corrected chi connectivity index (χ4v) is 4.78. The summed E-state index contributed by atoms with van der Waals surface area (Å²) in [7, 11) is 1.85. The smallest absolute Gasteiger partial charge is 0.278 e. The molecule has 1 aliphatic carbocycles. The molecule has 11 heteroatoms. The average Bonchev–Trinajstić information content (AvgIpc) is 3.13. The lowest BCUT2D eigenvalue weighted by Gasteiger charge is -2.17. The minimum Gasteiger partial charge on any atom is -0.324 e. The number of nitrogens with one attached hydrogen (secondary N) is 2. The molecule has 178 valence electrons. The Balaban J connectivity index is 1.17. The van der Waals surface area contributed by atoms with E-state index in [-0.39, 0.29) is 11.6 Å². The second-order valence-electron chi connectivity index (χ2n) is 9.27. The first-order valence-electron chi connectivity index (χ1n) is 11.6. The zero-order valence-electron chi connectivity index (χ0n) is 19.5. The van der Waals surface area contributed by atoms with Crippen LogP contribution in [-0.4, -0.2) is 65.4 Å². The van der Waals surface area contributed by atoms with Gasteiger partial charge in [0.25, 0.3) is 5.91 Å². The summed E-state index contributed by atoms with van der Waals surface area (Å²) in [5, 5.41) is 18.2. The maximum Gasteiger partial charge on any atom is 0.278 e. The van der Waals surface area contributed by atoms with Crippen LogP contribution in [0.4, 0.5) is 11.4 Å². The summed E-state index contributed by atoms with van der Waals surface area (Å²) in [6.45, 7) is 3.15. The predicted molar refractivity (Wildman–Crippen MR) is 129 cm³/mol. The molecule has 0 spiro atoms. The summed E-state index contributed by atoms with van der Waals surface area (Å²) in [6.07, 6.45) is 9.46. The molecule has 6 rings (SSSR count). The number of hydrogen-bond acceptors (Lipinski definition) is 7. The molecular weight excluding hydrogens is 446 g/mol. The number of carbonyl (C=O) groups is 2. The van der Waals surface area contributed by atoms with Gasteiger partial charge in [-0.3, -0.25) is 24.2 Å². The molecule has 2 aliphatic rings. The first-order valence-corrected chi connectivity index (χ1v) is 11.6. The van der Waals surface area contributed by atoms with Crippen molar-refractivity contribution in [3.63, 3.8) is 0 Å². The van der Waals surface area contributed by atoms with E-state index in [1.165, 1.54) is 12.8 Å². The van der Waals surface area contributed by atoms with Gasteiger partial charge in [0.05, 0.1) is 41.5 Å². The summed E-state index contributed by atoms with van der Waals surface area (Å²) in [6, 6.07) is 6.00. The number of amides is 2. The van der Waals surface area contributed by atoms with Gasteiger partial charge in [-0.05, 0) is 44.4 Å². The van der Waals surface area contributed by atoms with E-state index in [2.05, 4.69) is 35.9 Å². The molecule has 1 saturated heterocycles. The van der Waals surface area contributed by atoms with E-state index in [0.717, 1.165) is 23.6 Å². The van der Waals surface area contributed by atoms with Crippen molar-refractivity contribution in [3.05, 3.63) is 54.4 Å². The van der Waals surface area contributed by atoms with E-state index < -0.39 is 5.91 Å². The van der Waals surface area contributed by atoms with Gasteiger partial charge in [-0.2, -0.15) is 5.10 Å². The van der Waals surface area contributed by atoms with Crippen LogP contribution in [0.1, 0.15) is 29.0 Å². The number of nitrogens with zero attached hydrogens (tertiary/aromatic N) is 7. The molecule has 2 unspecified atom stereocenters. The predicted octanol–water partition coefficient (Wildman–Crippen LogP) is 2.12. The van der Waals surface area contributed by atoms with E-state index >= 15 is 0 Å². The topological polar surface area (TPSA) is 122 Å². The molecule has 0 radical (unpaired) electrons. The fraction of sp³-hybridized carbons (Fsp3) is 0.333. The van der Waals surface area contributed by atoms with Crippen molar-refractivity contribution in [3.8, 4) is 11.1 Å². The molecule has 4 aromatic rings. The maximum absolute atomic E-state index is 13.0. The highest BCUT2D eigenvalue weighted by Crippen LogP contribution is 2.44. The number of hydrogen-bond donors (Lipinski definition) is 2. The van der Waals surface area contributed by atoms with E-state index in [4.69, 9.17) is 0 Å². The molecule has 1 saturated carbocycles. The highest BCUT2D eigenvalue weighted by molar-refractivity contribution is 6.08. The zero-order valence-corrected chi connectivity index (χ0v) is 19.5. The van der Waals surface area contributed by atoms with Gasteiger partial charge in [0.1, 0.15) is 0 Å². The Morgan fingerprint density at radius 3 is 2.77 bits per heavy atom. The number of carbonyl (C=O) groups excluding carboxylic acids is 2. The van der Waals surface area contributed by atoms with Crippen molar-refractivity contribution in [1.29, 1.82) is 0 Å². The number of anilines is 2. The van der Waals surface area contributed by atoms with Crippen molar-refractivity contribution in [2.24, 2.45) is 13.0 Å². The Morgan fingerprint density at radius 1 is 1.14 bits per heavy atom. The molecule has 35 heavy (non-hydrogen) atoms. The minimum absolute atomic E-state index is 0.0748. The fourth-order valence-electron chi connectivity index (χ4n) is 4.78. The lowest BCUT2D eigenvalue weighted by molar-refractivity contribution is -0.117. The lowest BCUT2D eigenvalue weighted by atomic mass is 10.1. The van der Waals surface area contributed by atoms with Crippen LogP contribution in [0.15, 0.2) is 43.0 Å². The number of pyridine rings is 2. The minimum atomic E-state index is -0.403. The van der Waals surface area contributed by atoms with Gasteiger partial charge < -0.3 is 10.6 Å². The second kappa shape index (κ2) is 8.27. The number of rotatable bonds is 6. The van der Waals surface area contributed by atoms with Gasteiger partial charge in [0.15, 0.2) is 5.69 Å². The Bertz CT molecular complexity index is 1460. The third-order valence-electron chi connectivity index (χ3n) is 6.77. The van der Waals surface area contributed by atoms with Crippen LogP contribution in [0.25, 0.3) is 16.6 Å². The maximum atomic E-state index is 13.0. The van der Waals surface area contributed by atoms with Crippen LogP contribution < -0.4 is 10.6 Å². The molecule has 0 bridgehead atoms. The van der Waals surface area contributed by atoms with Gasteiger partial charge in [-0.1, -0.05) is 11.3 Å². The summed E-state index contributed by atoms with van der Waals surface area (Å²) in [5.74, 6) is 0.301. The Labute approximate surface area is 201 Å². The van der Waals surface area contributed by atoms with Crippen molar-refractivity contribution in [1.82, 2.24) is 34.5 Å². The standard InChI is InChI=1S/C24H25N9O2/c1-14-19(8-18(10-25-14)27-22(34)13-32-6-5-15-7-21(15)32)28-24(35)23-20-4-3-16(12-33(20)30-29-23)17-9-26-31(2)11-17/h3-4,8-12,15,21H,5-7,13H2,1-2H3,(H,27,34)(H,28,35). The van der Waals surface area contributed by atoms with E-state index in [9.17, 15) is 9.59 Å². The van der Waals surface area contributed by atoms with Gasteiger partial charge in [-0.25, -0.2) is 4.52 Å². The largest absolute Gasteiger partial charge is 0.324 e. The summed E-state index contributed by atoms with van der Waals surface area (Å²) in [4.78, 5) is 32.1. The molecule has 2 fully saturated rings. The van der Waals surface area contributed by atoms with Crippen LogP contribution in [-0.2, 0) is 11.8 Å². The number of fused-ring (bicyclic) bond motifs is 2. The molecular formula is C24H25N9O2. The highest BCUT2D eigenvalue weighted by atomic mass is 16.2. The van der Waals surface area contributed by atoms with Gasteiger partial charge in [0, 0.05) is 36.6 Å². The quantitative estimate of drug-likeness (QED) is 0.442. The molecule has 2 atom stereocenters. The van der Waals surface area contributed by atoms with Gasteiger partial charge >= 0.3 is 0 Å². The number of likely N-dealkylation sites (tertiary alicyclic amines) is 1. The van der Waals surface area contributed by atoms with Crippen molar-refractivity contribution < 1.29 is 9.59 Å². The number of piperidine rings is 1. The van der Waals surface area contributed by atoms with Crippen LogP contribution in [0.3, 0.4) is 0 Å². The Kier molecular flexibility index (Phi) is 5.06. The van der Waals surface area contributed by atoms with E-state index in [0.29, 0.717) is 35.2 Å². The normalized spacial score (nSPS) is 19.0. The first-order chi connectivity index (χ1) is 16.9. The molecule has 0 aromatic carbocycles. The molecule has 11 nitrogen and oxygen atoms in total. The highest BCUT2D eigenvalue weighted by Gasteiger charge is 2.46. The average molecular weight is 472 g/mol. The second-order valence-corrected chi connectivity index (χ2v) is 9.27. The molecule has 5 heterocycles. The van der Waals surface area contributed by atoms with Gasteiger partial charge in [-0.15, -0.1) is 5.10 Å². The molecule has 2 amide bonds. The monoisotopic (exact) mass is 471 g/mol. The van der Waals surface area contributed by atoms with Crippen LogP contribution in [0.2, 0.25) is 0 Å². The van der Waals surface area contributed by atoms with Crippen LogP contribution >= 0.6 is 0 Å². The SMILES string of the molecule is Cc1ncc(NC(=O)CN2CCC3CC32)cc1NC(=O)c1nnn2cc(-c3cnn(C)c3)ccc12. The molecule has 2 N–H and O–H groups in total. The zero-order chi connectivity index (χ0) is 24.1. The van der Waals surface area contributed by atoms with Gasteiger partial charge in [0.2, 0.25) is 5.91 Å². The van der Waals surface area contributed by atoms with E-state index in [1.807, 2.05) is 31.6 Å². The third kappa shape index (κ3) is 4.14. The number of aromatic nitrogens is 6. The van der Waals surface area contributed by atoms with Crippen LogP contribution in [0.5, 0.6) is 0 Å². The lowest BCUT2D eigenvalue weighted by Crippen LogP contribution is -2.33. The first kappa shape index (κ1) is 21.4. The van der Waals surface area contributed by atoms with Crippen LogP contribution in [0, 0.1) is 12.8 Å². The van der Waals surface area contributed by atoms with Crippen molar-refractivity contribution >= 4 is 28.7 Å². The summed E-state index contributed by atoms with van der Waals surface area (Å²) < 4.78 is 3.29. The summed E-state index contributed by atoms with van der Waals surface area (Å²) >= 11 is 0. The molecule has 4 aromatic heterocycles. The van der Waals surface area contributed by atoms with E-state index in [1.54, 1.807) is 34.6 Å². The van der Waals surface area contributed by atoms with Crippen molar-refractivity contribution in [2.45, 2.75) is 25.8 Å². The summed E-state index contributed by atoms with van der Waals surface area (Å²) in [5.41, 5.74) is 4.31. The third-order valence-corrected chi connectivity index (χ3v) is 6.77. The Morgan fingerprint density at radius 2 is 2.03 bits per heavy atom.